The molecule has 2 rings (SSSR count). The maximum Gasteiger partial charge on any atom is 0.256 e. The summed E-state index contributed by atoms with van der Waals surface area (Å²) in [6, 6.07) is 9.22. The number of aromatic nitrogens is 2. The fraction of sp³-hybridized carbons (Fsp3) is 0.167. The molecule has 0 fully saturated rings. The number of nitrogens with zero attached hydrogens (tertiary/aromatic N) is 1. The SMILES string of the molecule is Cc1cccc(C(=O)Nc2cc(C)[nH]n2)c1. The number of H-pyrrole nitrogens is 1. The molecule has 0 radical (unpaired) electrons. The smallest absolute Gasteiger partial charge is 0.256 e. The summed E-state index contributed by atoms with van der Waals surface area (Å²) in [5.74, 6) is 0.402. The van der Waals surface area contributed by atoms with E-state index >= 15 is 0 Å². The van der Waals surface area contributed by atoms with Crippen LogP contribution in [0.25, 0.3) is 0 Å². The van der Waals surface area contributed by atoms with Crippen LogP contribution in [0.4, 0.5) is 5.82 Å². The topological polar surface area (TPSA) is 57.8 Å². The van der Waals surface area contributed by atoms with Gasteiger partial charge in [0.2, 0.25) is 0 Å². The van der Waals surface area contributed by atoms with Crippen LogP contribution in [0.5, 0.6) is 0 Å². The van der Waals surface area contributed by atoms with E-state index in [2.05, 4.69) is 15.5 Å². The third-order valence-electron chi connectivity index (χ3n) is 2.23. The van der Waals surface area contributed by atoms with E-state index in [1.807, 2.05) is 32.0 Å². The highest BCUT2D eigenvalue weighted by atomic mass is 16.1. The highest BCUT2D eigenvalue weighted by Gasteiger charge is 2.07. The minimum atomic E-state index is -0.143. The Kier molecular flexibility index (Phi) is 2.72. The number of amides is 1. The molecule has 0 atom stereocenters. The van der Waals surface area contributed by atoms with Crippen molar-refractivity contribution in [2.24, 2.45) is 0 Å². The molecular weight excluding hydrogens is 202 g/mol. The molecular formula is C12H13N3O. The molecule has 1 heterocycles. The monoisotopic (exact) mass is 215 g/mol. The van der Waals surface area contributed by atoms with E-state index in [1.54, 1.807) is 12.1 Å². The molecule has 0 saturated carbocycles. The Morgan fingerprint density at radius 3 is 2.75 bits per heavy atom. The zero-order valence-corrected chi connectivity index (χ0v) is 9.24. The summed E-state index contributed by atoms with van der Waals surface area (Å²) in [7, 11) is 0. The van der Waals surface area contributed by atoms with Gasteiger partial charge in [0.15, 0.2) is 5.82 Å². The molecule has 0 unspecified atom stereocenters. The third-order valence-corrected chi connectivity index (χ3v) is 2.23. The Morgan fingerprint density at radius 1 is 1.31 bits per heavy atom. The lowest BCUT2D eigenvalue weighted by molar-refractivity contribution is 0.102. The van der Waals surface area contributed by atoms with Crippen LogP contribution in [-0.4, -0.2) is 16.1 Å². The molecule has 16 heavy (non-hydrogen) atoms. The number of carbonyl (C=O) groups excluding carboxylic acids is 1. The molecule has 4 heteroatoms. The highest BCUT2D eigenvalue weighted by Crippen LogP contribution is 2.08. The van der Waals surface area contributed by atoms with Crippen LogP contribution in [0, 0.1) is 13.8 Å². The number of anilines is 1. The van der Waals surface area contributed by atoms with Crippen molar-refractivity contribution in [1.82, 2.24) is 10.2 Å². The van der Waals surface area contributed by atoms with E-state index in [-0.39, 0.29) is 5.91 Å². The average molecular weight is 215 g/mol. The summed E-state index contributed by atoms with van der Waals surface area (Å²) >= 11 is 0. The molecule has 1 aromatic heterocycles. The van der Waals surface area contributed by atoms with Crippen molar-refractivity contribution >= 4 is 11.7 Å². The molecule has 1 aromatic carbocycles. The van der Waals surface area contributed by atoms with Crippen molar-refractivity contribution in [3.05, 3.63) is 47.2 Å². The van der Waals surface area contributed by atoms with Crippen LogP contribution >= 0.6 is 0 Å². The molecule has 4 nitrogen and oxygen atoms in total. The lowest BCUT2D eigenvalue weighted by Gasteiger charge is -2.02. The quantitative estimate of drug-likeness (QED) is 0.807. The first-order valence-electron chi connectivity index (χ1n) is 5.05. The number of rotatable bonds is 2. The summed E-state index contributed by atoms with van der Waals surface area (Å²) in [5.41, 5.74) is 2.62. The maximum atomic E-state index is 11.8. The van der Waals surface area contributed by atoms with Crippen molar-refractivity contribution in [2.45, 2.75) is 13.8 Å². The van der Waals surface area contributed by atoms with Gasteiger partial charge < -0.3 is 5.32 Å². The first-order chi connectivity index (χ1) is 7.65. The van der Waals surface area contributed by atoms with Gasteiger partial charge in [0, 0.05) is 17.3 Å². The maximum absolute atomic E-state index is 11.8. The van der Waals surface area contributed by atoms with Gasteiger partial charge in [-0.25, -0.2) is 0 Å². The van der Waals surface area contributed by atoms with Crippen molar-refractivity contribution in [3.8, 4) is 0 Å². The van der Waals surface area contributed by atoms with E-state index in [4.69, 9.17) is 0 Å². The predicted molar refractivity (Wildman–Crippen MR) is 62.5 cm³/mol. The number of aryl methyl sites for hydroxylation is 2. The number of aromatic amines is 1. The zero-order valence-electron chi connectivity index (χ0n) is 9.24. The summed E-state index contributed by atoms with van der Waals surface area (Å²) in [4.78, 5) is 11.8. The number of benzene rings is 1. The number of hydrogen-bond acceptors (Lipinski definition) is 2. The van der Waals surface area contributed by atoms with Crippen molar-refractivity contribution in [3.63, 3.8) is 0 Å². The van der Waals surface area contributed by atoms with Crippen LogP contribution in [-0.2, 0) is 0 Å². The standard InChI is InChI=1S/C12H13N3O/c1-8-4-3-5-10(6-8)12(16)13-11-7-9(2)14-15-11/h3-7H,1-2H3,(H2,13,14,15,16). The average Bonchev–Trinajstić information content (AvgIpc) is 2.64. The Morgan fingerprint density at radius 2 is 2.12 bits per heavy atom. The lowest BCUT2D eigenvalue weighted by atomic mass is 10.1. The Balaban J connectivity index is 2.14. The molecule has 2 N–H and O–H groups in total. The van der Waals surface area contributed by atoms with Crippen LogP contribution in [0.2, 0.25) is 0 Å². The Labute approximate surface area is 93.7 Å². The largest absolute Gasteiger partial charge is 0.305 e. The van der Waals surface area contributed by atoms with Gasteiger partial charge in [0.05, 0.1) is 0 Å². The summed E-state index contributed by atoms with van der Waals surface area (Å²) in [6.45, 7) is 3.84. The molecule has 0 spiro atoms. The van der Waals surface area contributed by atoms with Crippen LogP contribution < -0.4 is 5.32 Å². The van der Waals surface area contributed by atoms with Crippen LogP contribution in [0.15, 0.2) is 30.3 Å². The first-order valence-corrected chi connectivity index (χ1v) is 5.05. The number of carbonyl (C=O) groups is 1. The number of hydrogen-bond donors (Lipinski definition) is 2. The fourth-order valence-electron chi connectivity index (χ4n) is 1.46. The minimum Gasteiger partial charge on any atom is -0.305 e. The molecule has 0 bridgehead atoms. The van der Waals surface area contributed by atoms with Crippen molar-refractivity contribution in [1.29, 1.82) is 0 Å². The van der Waals surface area contributed by atoms with Gasteiger partial charge in [-0.2, -0.15) is 5.10 Å². The molecule has 82 valence electrons. The lowest BCUT2D eigenvalue weighted by Crippen LogP contribution is -2.12. The molecule has 0 aliphatic carbocycles. The Hall–Kier alpha value is -2.10. The third kappa shape index (κ3) is 2.28. The summed E-state index contributed by atoms with van der Waals surface area (Å²) < 4.78 is 0. The molecule has 0 aliphatic rings. The van der Waals surface area contributed by atoms with Gasteiger partial charge in [-0.15, -0.1) is 0 Å². The Bertz CT molecular complexity index is 516. The van der Waals surface area contributed by atoms with E-state index in [1.165, 1.54) is 0 Å². The minimum absolute atomic E-state index is 0.143. The van der Waals surface area contributed by atoms with E-state index < -0.39 is 0 Å². The first kappa shape index (κ1) is 10.4. The van der Waals surface area contributed by atoms with Gasteiger partial charge in [0.1, 0.15) is 0 Å². The van der Waals surface area contributed by atoms with Crippen molar-refractivity contribution in [2.75, 3.05) is 5.32 Å². The molecule has 0 saturated heterocycles. The van der Waals surface area contributed by atoms with E-state index in [0.29, 0.717) is 11.4 Å². The highest BCUT2D eigenvalue weighted by molar-refractivity contribution is 6.03. The van der Waals surface area contributed by atoms with E-state index in [0.717, 1.165) is 11.3 Å². The van der Waals surface area contributed by atoms with Gasteiger partial charge in [-0.3, -0.25) is 9.89 Å². The second kappa shape index (κ2) is 4.18. The molecule has 1 amide bonds. The fourth-order valence-corrected chi connectivity index (χ4v) is 1.46. The van der Waals surface area contributed by atoms with Gasteiger partial charge in [-0.05, 0) is 26.0 Å². The summed E-state index contributed by atoms with van der Waals surface area (Å²) in [5, 5.41) is 9.44. The molecule has 2 aromatic rings. The zero-order chi connectivity index (χ0) is 11.5. The van der Waals surface area contributed by atoms with Crippen LogP contribution in [0.3, 0.4) is 0 Å². The second-order valence-corrected chi connectivity index (χ2v) is 3.76. The summed E-state index contributed by atoms with van der Waals surface area (Å²) in [6.07, 6.45) is 0. The number of nitrogens with one attached hydrogen (secondary N) is 2. The predicted octanol–water partition coefficient (Wildman–Crippen LogP) is 2.28. The van der Waals surface area contributed by atoms with Crippen molar-refractivity contribution < 1.29 is 4.79 Å². The van der Waals surface area contributed by atoms with Gasteiger partial charge in [-0.1, -0.05) is 17.7 Å². The molecule has 0 aliphatic heterocycles. The second-order valence-electron chi connectivity index (χ2n) is 3.76. The van der Waals surface area contributed by atoms with Gasteiger partial charge in [0.25, 0.3) is 5.91 Å². The van der Waals surface area contributed by atoms with Crippen LogP contribution in [0.1, 0.15) is 21.6 Å². The normalized spacial score (nSPS) is 10.1. The van der Waals surface area contributed by atoms with Gasteiger partial charge >= 0.3 is 0 Å². The van der Waals surface area contributed by atoms with E-state index in [9.17, 15) is 4.79 Å².